The Morgan fingerprint density at radius 3 is 2.17 bits per heavy atom. The van der Waals surface area contributed by atoms with Gasteiger partial charge < -0.3 is 30.8 Å². The van der Waals surface area contributed by atoms with E-state index in [1.54, 1.807) is 36.5 Å². The van der Waals surface area contributed by atoms with Gasteiger partial charge in [0, 0.05) is 46.8 Å². The molecule has 0 radical (unpaired) electrons. The molecule has 2 amide bonds. The molecule has 0 aliphatic rings. The van der Waals surface area contributed by atoms with Gasteiger partial charge >= 0.3 is 0 Å². The number of benzene rings is 2. The summed E-state index contributed by atoms with van der Waals surface area (Å²) in [4.78, 5) is 28.5. The van der Waals surface area contributed by atoms with E-state index in [0.717, 1.165) is 52.3 Å². The third kappa shape index (κ3) is 7.53. The van der Waals surface area contributed by atoms with Crippen molar-refractivity contribution in [2.75, 3.05) is 6.54 Å². The van der Waals surface area contributed by atoms with Crippen LogP contribution in [0.15, 0.2) is 48.8 Å². The van der Waals surface area contributed by atoms with Gasteiger partial charge in [0.1, 0.15) is 11.5 Å². The number of phenols is 2. The lowest BCUT2D eigenvalue weighted by Crippen LogP contribution is -2.35. The molecule has 8 nitrogen and oxygen atoms in total. The fourth-order valence-corrected chi connectivity index (χ4v) is 4.24. The van der Waals surface area contributed by atoms with Crippen molar-refractivity contribution in [1.82, 2.24) is 20.6 Å². The summed E-state index contributed by atoms with van der Waals surface area (Å²) in [5, 5.41) is 26.8. The zero-order valence-electron chi connectivity index (χ0n) is 20.9. The highest BCUT2D eigenvalue weighted by Gasteiger charge is 2.14. The summed E-state index contributed by atoms with van der Waals surface area (Å²) in [6.07, 6.45) is 10.2. The average molecular weight is 493 g/mol. The van der Waals surface area contributed by atoms with Crippen LogP contribution in [-0.2, 0) is 22.4 Å². The molecule has 8 heteroatoms. The molecule has 4 rings (SSSR count). The standard InChI is InChI=1S/C21H21N3O3.C7H15NO/c1-12(6-13-10-22-19-4-2-15(25)8-17(13)19)24-21(27)7-14-11-23-20-5-3-16(26)9-18(14)20;1-2-3-4-5-6-8-7-9/h2-5,8-12,22-23,25-26H,6-7H2,1H3,(H,24,27);7H,2-6H2,1H3,(H,8,9). The number of hydrogen-bond acceptors (Lipinski definition) is 4. The number of hydrogen-bond donors (Lipinski definition) is 6. The van der Waals surface area contributed by atoms with E-state index in [-0.39, 0.29) is 29.9 Å². The monoisotopic (exact) mass is 492 g/mol. The number of carbonyl (C=O) groups excluding carboxylic acids is 2. The summed E-state index contributed by atoms with van der Waals surface area (Å²) in [6, 6.07) is 10.2. The van der Waals surface area contributed by atoms with Gasteiger partial charge in [0.2, 0.25) is 12.3 Å². The van der Waals surface area contributed by atoms with Crippen molar-refractivity contribution in [1.29, 1.82) is 0 Å². The van der Waals surface area contributed by atoms with Crippen molar-refractivity contribution < 1.29 is 19.8 Å². The first-order chi connectivity index (χ1) is 17.4. The van der Waals surface area contributed by atoms with Gasteiger partial charge in [-0.3, -0.25) is 9.59 Å². The number of aromatic hydroxyl groups is 2. The molecule has 0 saturated carbocycles. The van der Waals surface area contributed by atoms with Crippen LogP contribution in [0.1, 0.15) is 50.7 Å². The molecule has 0 spiro atoms. The molecular formula is C28H36N4O4. The van der Waals surface area contributed by atoms with Crippen LogP contribution in [0.5, 0.6) is 11.5 Å². The maximum absolute atomic E-state index is 12.5. The predicted molar refractivity (Wildman–Crippen MR) is 143 cm³/mol. The first-order valence-electron chi connectivity index (χ1n) is 12.5. The van der Waals surface area contributed by atoms with Gasteiger partial charge in [-0.1, -0.05) is 26.2 Å². The Kier molecular flexibility index (Phi) is 9.80. The number of nitrogens with one attached hydrogen (secondary N) is 4. The van der Waals surface area contributed by atoms with Crippen molar-refractivity contribution in [3.8, 4) is 11.5 Å². The Hall–Kier alpha value is -3.94. The number of unbranched alkanes of at least 4 members (excludes halogenated alkanes) is 3. The zero-order chi connectivity index (χ0) is 25.9. The molecule has 0 aliphatic heterocycles. The minimum Gasteiger partial charge on any atom is -0.508 e. The van der Waals surface area contributed by atoms with Crippen LogP contribution in [0.4, 0.5) is 0 Å². The first-order valence-corrected chi connectivity index (χ1v) is 12.5. The number of aromatic amines is 2. The second-order valence-electron chi connectivity index (χ2n) is 9.07. The molecule has 36 heavy (non-hydrogen) atoms. The summed E-state index contributed by atoms with van der Waals surface area (Å²) in [6.45, 7) is 4.97. The lowest BCUT2D eigenvalue weighted by Gasteiger charge is -2.13. The minimum absolute atomic E-state index is 0.0579. The number of phenolic OH excluding ortho intramolecular Hbond substituents is 2. The van der Waals surface area contributed by atoms with Crippen LogP contribution in [0, 0.1) is 0 Å². The third-order valence-corrected chi connectivity index (χ3v) is 6.04. The van der Waals surface area contributed by atoms with Crippen LogP contribution in [0.2, 0.25) is 0 Å². The molecular weight excluding hydrogens is 456 g/mol. The normalized spacial score (nSPS) is 11.6. The second-order valence-corrected chi connectivity index (χ2v) is 9.07. The highest BCUT2D eigenvalue weighted by atomic mass is 16.3. The Balaban J connectivity index is 0.000000345. The molecule has 6 N–H and O–H groups in total. The second kappa shape index (κ2) is 13.2. The smallest absolute Gasteiger partial charge is 0.224 e. The molecule has 0 aliphatic carbocycles. The number of fused-ring (bicyclic) bond motifs is 2. The average Bonchev–Trinajstić information content (AvgIpc) is 3.42. The van der Waals surface area contributed by atoms with Gasteiger partial charge in [0.05, 0.1) is 6.42 Å². The minimum atomic E-state index is -0.0746. The van der Waals surface area contributed by atoms with Crippen molar-refractivity contribution in [3.05, 3.63) is 59.9 Å². The van der Waals surface area contributed by atoms with E-state index >= 15 is 0 Å². The van der Waals surface area contributed by atoms with E-state index in [0.29, 0.717) is 6.42 Å². The van der Waals surface area contributed by atoms with E-state index < -0.39 is 0 Å². The number of H-pyrrole nitrogens is 2. The molecule has 192 valence electrons. The lowest BCUT2D eigenvalue weighted by molar-refractivity contribution is -0.121. The van der Waals surface area contributed by atoms with E-state index in [4.69, 9.17) is 0 Å². The van der Waals surface area contributed by atoms with Crippen molar-refractivity contribution in [3.63, 3.8) is 0 Å². The van der Waals surface area contributed by atoms with Crippen LogP contribution < -0.4 is 10.6 Å². The molecule has 0 saturated heterocycles. The Morgan fingerprint density at radius 2 is 1.56 bits per heavy atom. The summed E-state index contributed by atoms with van der Waals surface area (Å²) in [7, 11) is 0. The summed E-state index contributed by atoms with van der Waals surface area (Å²) < 4.78 is 0. The number of amides is 2. The van der Waals surface area contributed by atoms with Crippen LogP contribution in [0.3, 0.4) is 0 Å². The van der Waals surface area contributed by atoms with E-state index in [2.05, 4.69) is 27.5 Å². The number of carbonyl (C=O) groups is 2. The lowest BCUT2D eigenvalue weighted by atomic mass is 10.1. The maximum Gasteiger partial charge on any atom is 0.224 e. The fourth-order valence-electron chi connectivity index (χ4n) is 4.24. The molecule has 0 fully saturated rings. The van der Waals surface area contributed by atoms with Gasteiger partial charge in [-0.15, -0.1) is 0 Å². The third-order valence-electron chi connectivity index (χ3n) is 6.04. The number of aromatic nitrogens is 2. The van der Waals surface area contributed by atoms with Gasteiger partial charge in [-0.25, -0.2) is 0 Å². The van der Waals surface area contributed by atoms with Gasteiger partial charge in [0.15, 0.2) is 0 Å². The van der Waals surface area contributed by atoms with Crippen LogP contribution in [0.25, 0.3) is 21.8 Å². The molecule has 1 unspecified atom stereocenters. The first kappa shape index (κ1) is 26.7. The van der Waals surface area contributed by atoms with E-state index in [9.17, 15) is 19.8 Å². The van der Waals surface area contributed by atoms with Gasteiger partial charge in [-0.2, -0.15) is 0 Å². The quantitative estimate of drug-likeness (QED) is 0.134. The summed E-state index contributed by atoms with van der Waals surface area (Å²) in [5.41, 5.74) is 3.75. The summed E-state index contributed by atoms with van der Waals surface area (Å²) in [5.74, 6) is 0.330. The summed E-state index contributed by atoms with van der Waals surface area (Å²) >= 11 is 0. The van der Waals surface area contributed by atoms with Crippen LogP contribution in [-0.4, -0.2) is 45.1 Å². The van der Waals surface area contributed by atoms with Crippen LogP contribution >= 0.6 is 0 Å². The number of rotatable bonds is 11. The van der Waals surface area contributed by atoms with Crippen molar-refractivity contribution in [2.45, 2.75) is 58.4 Å². The molecule has 4 aromatic rings. The van der Waals surface area contributed by atoms with Crippen molar-refractivity contribution >= 4 is 34.1 Å². The van der Waals surface area contributed by atoms with Gasteiger partial charge in [-0.05, 0) is 67.3 Å². The molecule has 2 aromatic heterocycles. The van der Waals surface area contributed by atoms with Crippen molar-refractivity contribution in [2.24, 2.45) is 0 Å². The molecule has 2 aromatic carbocycles. The highest BCUT2D eigenvalue weighted by Crippen LogP contribution is 2.25. The maximum atomic E-state index is 12.5. The fraction of sp³-hybridized carbons (Fsp3) is 0.357. The highest BCUT2D eigenvalue weighted by molar-refractivity contribution is 5.90. The zero-order valence-corrected chi connectivity index (χ0v) is 20.9. The Labute approximate surface area is 211 Å². The Bertz CT molecular complexity index is 1280. The van der Waals surface area contributed by atoms with Gasteiger partial charge in [0.25, 0.3) is 0 Å². The molecule has 2 heterocycles. The van der Waals surface area contributed by atoms with E-state index in [1.807, 2.05) is 19.2 Å². The van der Waals surface area contributed by atoms with E-state index in [1.165, 1.54) is 19.3 Å². The molecule has 0 bridgehead atoms. The largest absolute Gasteiger partial charge is 0.508 e. The molecule has 1 atom stereocenters. The topological polar surface area (TPSA) is 130 Å². The predicted octanol–water partition coefficient (Wildman–Crippen LogP) is 4.66. The Morgan fingerprint density at radius 1 is 0.944 bits per heavy atom. The SMILES string of the molecule is CC(Cc1c[nH]c2ccc(O)cc12)NC(=O)Cc1c[nH]c2ccc(O)cc12.CCCCCCNC=O.